The minimum Gasteiger partial charge on any atom is -0.493 e. The molecule has 2 aliphatic heterocycles. The summed E-state index contributed by atoms with van der Waals surface area (Å²) < 4.78 is 6.53. The number of carboxylic acid groups (broad SMARTS) is 1. The van der Waals surface area contributed by atoms with Crippen LogP contribution in [0.2, 0.25) is 0 Å². The van der Waals surface area contributed by atoms with Gasteiger partial charge in [-0.3, -0.25) is 14.5 Å². The Labute approximate surface area is 258 Å². The van der Waals surface area contributed by atoms with Gasteiger partial charge in [-0.15, -0.1) is 0 Å². The fourth-order valence-electron chi connectivity index (χ4n) is 6.92. The third kappa shape index (κ3) is 8.27. The van der Waals surface area contributed by atoms with E-state index < -0.39 is 11.9 Å². The van der Waals surface area contributed by atoms with Crippen molar-refractivity contribution >= 4 is 17.6 Å². The number of amides is 1. The van der Waals surface area contributed by atoms with Gasteiger partial charge < -0.3 is 19.2 Å². The van der Waals surface area contributed by atoms with Crippen molar-refractivity contribution in [3.05, 3.63) is 71.3 Å². The number of allylic oxidation sites excluding steroid dienone is 2. The van der Waals surface area contributed by atoms with Crippen LogP contribution in [-0.2, 0) is 22.6 Å². The molecule has 1 saturated heterocycles. The van der Waals surface area contributed by atoms with E-state index in [4.69, 9.17) is 4.74 Å². The first-order valence-electron chi connectivity index (χ1n) is 15.9. The first-order chi connectivity index (χ1) is 20.3. The van der Waals surface area contributed by atoms with Gasteiger partial charge in [0.1, 0.15) is 12.3 Å². The molecule has 7 heteroatoms. The second-order valence-corrected chi connectivity index (χ2v) is 14.1. The van der Waals surface area contributed by atoms with E-state index in [-0.39, 0.29) is 29.8 Å². The second kappa shape index (κ2) is 13.6. The van der Waals surface area contributed by atoms with Crippen LogP contribution in [0, 0.1) is 11.3 Å². The van der Waals surface area contributed by atoms with E-state index in [1.165, 1.54) is 5.56 Å². The zero-order valence-electron chi connectivity index (χ0n) is 27.3. The number of hydrogen-bond acceptors (Lipinski definition) is 4. The van der Waals surface area contributed by atoms with Crippen molar-refractivity contribution in [2.75, 3.05) is 52.3 Å². The van der Waals surface area contributed by atoms with Crippen molar-refractivity contribution in [1.29, 1.82) is 0 Å². The van der Waals surface area contributed by atoms with Crippen molar-refractivity contribution in [3.63, 3.8) is 0 Å². The van der Waals surface area contributed by atoms with Crippen molar-refractivity contribution in [2.24, 2.45) is 11.3 Å². The number of benzene rings is 2. The highest BCUT2D eigenvalue weighted by molar-refractivity contribution is 5.95. The molecule has 0 saturated carbocycles. The summed E-state index contributed by atoms with van der Waals surface area (Å²) in [4.78, 5) is 31.3. The molecule has 1 fully saturated rings. The highest BCUT2D eigenvalue weighted by atomic mass is 16.5. The van der Waals surface area contributed by atoms with Gasteiger partial charge in [-0.1, -0.05) is 63.6 Å². The monoisotopic (exact) mass is 590 g/mol. The quantitative estimate of drug-likeness (QED) is 0.225. The van der Waals surface area contributed by atoms with Gasteiger partial charge in [0.15, 0.2) is 0 Å². The lowest BCUT2D eigenvalue weighted by Crippen LogP contribution is -2.45. The molecule has 2 aromatic carbocycles. The molecular weight excluding hydrogens is 538 g/mol. The number of carbonyl (C=O) groups excluding carboxylic acids is 1. The number of rotatable bonds is 13. The average Bonchev–Trinajstić information content (AvgIpc) is 3.52. The molecule has 7 nitrogen and oxygen atoms in total. The van der Waals surface area contributed by atoms with E-state index in [0.717, 1.165) is 52.9 Å². The van der Waals surface area contributed by atoms with E-state index in [0.29, 0.717) is 26.1 Å². The van der Waals surface area contributed by atoms with Crippen LogP contribution in [0.15, 0.2) is 54.6 Å². The van der Waals surface area contributed by atoms with Gasteiger partial charge in [0.05, 0.1) is 40.2 Å². The lowest BCUT2D eigenvalue weighted by Gasteiger charge is -2.34. The molecule has 1 unspecified atom stereocenters. The Balaban J connectivity index is 1.67. The third-order valence-electron chi connectivity index (χ3n) is 8.78. The molecule has 0 aliphatic carbocycles. The summed E-state index contributed by atoms with van der Waals surface area (Å²) >= 11 is 0. The lowest BCUT2D eigenvalue weighted by atomic mass is 9.77. The van der Waals surface area contributed by atoms with Crippen molar-refractivity contribution < 1.29 is 23.9 Å². The topological polar surface area (TPSA) is 70.1 Å². The van der Waals surface area contributed by atoms with Gasteiger partial charge in [-0.25, -0.2) is 0 Å². The number of aliphatic carboxylic acids is 1. The van der Waals surface area contributed by atoms with Crippen LogP contribution in [0.4, 0.5) is 5.69 Å². The van der Waals surface area contributed by atoms with Crippen LogP contribution < -0.4 is 9.64 Å². The van der Waals surface area contributed by atoms with Crippen LogP contribution in [0.3, 0.4) is 0 Å². The minimum absolute atomic E-state index is 0.0248. The summed E-state index contributed by atoms with van der Waals surface area (Å²) in [5.74, 6) is -0.703. The Morgan fingerprint density at radius 2 is 1.93 bits per heavy atom. The van der Waals surface area contributed by atoms with E-state index in [1.807, 2.05) is 42.2 Å². The van der Waals surface area contributed by atoms with Gasteiger partial charge in [0.2, 0.25) is 5.91 Å². The van der Waals surface area contributed by atoms with Crippen molar-refractivity contribution in [3.8, 4) is 5.75 Å². The lowest BCUT2D eigenvalue weighted by molar-refractivity contribution is -0.884. The van der Waals surface area contributed by atoms with Crippen LogP contribution in [-0.4, -0.2) is 79.8 Å². The molecule has 1 amide bonds. The highest BCUT2D eigenvalue weighted by Gasteiger charge is 2.48. The van der Waals surface area contributed by atoms with E-state index in [1.54, 1.807) is 0 Å². The zero-order chi connectivity index (χ0) is 31.4. The molecule has 2 aromatic rings. The van der Waals surface area contributed by atoms with E-state index >= 15 is 0 Å². The van der Waals surface area contributed by atoms with Crippen LogP contribution in [0.25, 0.3) is 0 Å². The molecule has 0 bridgehead atoms. The molecule has 3 atom stereocenters. The molecule has 2 heterocycles. The number of carbonyl (C=O) groups is 2. The number of nitrogens with zero attached hydrogens (tertiary/aromatic N) is 3. The molecule has 234 valence electrons. The SMILES string of the molecule is CC=CC(C)(C)C[C@H]1C(C(=O)O)[C@@H](c2ccc3c(c2)CCO3)CN1CC(=O)N(CCCC)c1cccc(C[N+](C)(C)C)c1. The molecule has 4 rings (SSSR count). The summed E-state index contributed by atoms with van der Waals surface area (Å²) in [5, 5.41) is 10.6. The van der Waals surface area contributed by atoms with Gasteiger partial charge in [-0.2, -0.15) is 0 Å². The molecule has 0 radical (unpaired) electrons. The smallest absolute Gasteiger partial charge is 0.308 e. The maximum Gasteiger partial charge on any atom is 0.308 e. The number of likely N-dealkylation sites (tertiary alicyclic amines) is 1. The predicted molar refractivity (Wildman–Crippen MR) is 174 cm³/mol. The molecule has 1 N–H and O–H groups in total. The number of fused-ring (bicyclic) bond motifs is 1. The summed E-state index contributed by atoms with van der Waals surface area (Å²) in [6.07, 6.45) is 7.57. The fourth-order valence-corrected chi connectivity index (χ4v) is 6.92. The standard InChI is InChI=1S/C36H51N3O4/c1-8-10-18-38(29-13-11-12-26(20-29)25-39(5,6)7)33(40)24-37-23-30(27-14-15-32-28(21-27)16-19-43-32)34(35(41)42)31(37)22-36(3,4)17-9-2/h9,11-15,17,20-21,30-31,34H,8,10,16,18-19,22-25H2,1-7H3/p+1/t30-,31+,34?/m1/s1. The molecule has 0 aromatic heterocycles. The van der Waals surface area contributed by atoms with Crippen LogP contribution in [0.5, 0.6) is 5.75 Å². The summed E-state index contributed by atoms with van der Waals surface area (Å²) in [6, 6.07) is 14.2. The normalized spacial score (nSPS) is 20.8. The van der Waals surface area contributed by atoms with Gasteiger partial charge >= 0.3 is 5.97 Å². The number of ether oxygens (including phenoxy) is 1. The van der Waals surface area contributed by atoms with Crippen molar-refractivity contribution in [2.45, 2.75) is 71.9 Å². The number of hydrogen-bond donors (Lipinski definition) is 1. The highest BCUT2D eigenvalue weighted by Crippen LogP contribution is 2.44. The van der Waals surface area contributed by atoms with Gasteiger partial charge in [0, 0.05) is 42.7 Å². The Bertz CT molecular complexity index is 1310. The second-order valence-electron chi connectivity index (χ2n) is 14.1. The number of carboxylic acids is 1. The number of unbranched alkanes of at least 4 members (excludes halogenated alkanes) is 1. The molecule has 2 aliphatic rings. The maximum absolute atomic E-state index is 14.2. The fraction of sp³-hybridized carbons (Fsp3) is 0.556. The number of anilines is 1. The molecule has 0 spiro atoms. The Morgan fingerprint density at radius 3 is 2.60 bits per heavy atom. The Kier molecular flexibility index (Phi) is 10.4. The minimum atomic E-state index is -0.797. The predicted octanol–water partition coefficient (Wildman–Crippen LogP) is 6.12. The average molecular weight is 591 g/mol. The third-order valence-corrected chi connectivity index (χ3v) is 8.78. The van der Waals surface area contributed by atoms with Crippen molar-refractivity contribution in [1.82, 2.24) is 4.90 Å². The summed E-state index contributed by atoms with van der Waals surface area (Å²) in [7, 11) is 6.50. The molecular formula is C36H52N3O4+. The van der Waals surface area contributed by atoms with Gasteiger partial charge in [0.25, 0.3) is 0 Å². The first-order valence-corrected chi connectivity index (χ1v) is 15.9. The first kappa shape index (κ1) is 32.7. The largest absolute Gasteiger partial charge is 0.493 e. The maximum atomic E-state index is 14.2. The number of quaternary nitrogens is 1. The van der Waals surface area contributed by atoms with E-state index in [9.17, 15) is 14.7 Å². The van der Waals surface area contributed by atoms with Gasteiger partial charge in [-0.05, 0) is 54.5 Å². The summed E-state index contributed by atoms with van der Waals surface area (Å²) in [6.45, 7) is 11.3. The Morgan fingerprint density at radius 1 is 1.16 bits per heavy atom. The van der Waals surface area contributed by atoms with E-state index in [2.05, 4.69) is 71.1 Å². The van der Waals surface area contributed by atoms with Crippen LogP contribution in [0.1, 0.15) is 69.6 Å². The molecule has 43 heavy (non-hydrogen) atoms. The Hall–Kier alpha value is -3.16. The summed E-state index contributed by atoms with van der Waals surface area (Å²) in [5.41, 5.74) is 4.06. The van der Waals surface area contributed by atoms with Crippen LogP contribution >= 0.6 is 0 Å². The zero-order valence-corrected chi connectivity index (χ0v) is 27.3.